The number of carbonyl (C=O) groups excluding carboxylic acids is 1. The van der Waals surface area contributed by atoms with E-state index in [0.717, 1.165) is 35.6 Å². The molecule has 2 heterocycles. The summed E-state index contributed by atoms with van der Waals surface area (Å²) in [6, 6.07) is 6.09. The maximum atomic E-state index is 11.7. The van der Waals surface area contributed by atoms with Crippen molar-refractivity contribution in [1.82, 2.24) is 30.4 Å². The molecule has 2 aromatic rings. The van der Waals surface area contributed by atoms with Crippen LogP contribution in [0, 0.1) is 13.8 Å². The highest BCUT2D eigenvalue weighted by molar-refractivity contribution is 5.76. The monoisotopic (exact) mass is 358 g/mol. The predicted molar refractivity (Wildman–Crippen MR) is 96.8 cm³/mol. The van der Waals surface area contributed by atoms with Gasteiger partial charge in [-0.3, -0.25) is 9.69 Å². The molecule has 1 unspecified atom stereocenters. The number of carbonyl (C=O) groups is 1. The van der Waals surface area contributed by atoms with Crippen molar-refractivity contribution in [3.05, 3.63) is 35.2 Å². The first kappa shape index (κ1) is 18.5. The number of hydrogen-bond donors (Lipinski definition) is 2. The van der Waals surface area contributed by atoms with Gasteiger partial charge in [0.25, 0.3) is 0 Å². The molecule has 2 N–H and O–H groups in total. The van der Waals surface area contributed by atoms with Crippen molar-refractivity contribution >= 4 is 5.91 Å². The van der Waals surface area contributed by atoms with Gasteiger partial charge in [0.15, 0.2) is 5.82 Å². The van der Waals surface area contributed by atoms with Crippen LogP contribution in [0.1, 0.15) is 36.2 Å². The Balaban J connectivity index is 1.78. The Morgan fingerprint density at radius 2 is 2.08 bits per heavy atom. The predicted octanol–water partition coefficient (Wildman–Crippen LogP) is 0.742. The highest BCUT2D eigenvalue weighted by Gasteiger charge is 2.35. The van der Waals surface area contributed by atoms with Crippen LogP contribution >= 0.6 is 0 Å². The molecule has 0 spiro atoms. The van der Waals surface area contributed by atoms with Gasteiger partial charge in [-0.05, 0) is 54.8 Å². The fraction of sp³-hybridized carbons (Fsp3) is 0.556. The van der Waals surface area contributed by atoms with Gasteiger partial charge in [-0.2, -0.15) is 4.68 Å². The topological polar surface area (TPSA) is 96.2 Å². The molecule has 1 aliphatic rings. The summed E-state index contributed by atoms with van der Waals surface area (Å²) >= 11 is 0. The smallest absolute Gasteiger partial charge is 0.222 e. The number of nitrogens with one attached hydrogen (secondary N) is 1. The molecule has 0 bridgehead atoms. The second-order valence-corrected chi connectivity index (χ2v) is 7.14. The summed E-state index contributed by atoms with van der Waals surface area (Å²) in [5.41, 5.74) is 2.20. The molecule has 26 heavy (non-hydrogen) atoms. The van der Waals surface area contributed by atoms with Crippen LogP contribution in [0.2, 0.25) is 0 Å². The van der Waals surface area contributed by atoms with Crippen molar-refractivity contribution in [2.24, 2.45) is 0 Å². The first-order valence-corrected chi connectivity index (χ1v) is 8.91. The fourth-order valence-corrected chi connectivity index (χ4v) is 3.69. The molecule has 1 fully saturated rings. The second kappa shape index (κ2) is 7.51. The Morgan fingerprint density at radius 1 is 1.35 bits per heavy atom. The van der Waals surface area contributed by atoms with Crippen LogP contribution in [0.4, 0.5) is 0 Å². The molecule has 1 saturated heterocycles. The number of aromatic nitrogens is 4. The van der Waals surface area contributed by atoms with Crippen molar-refractivity contribution in [1.29, 1.82) is 0 Å². The number of β-amino-alcohol motifs (C(OH)–C–C–N with tert-alkyl or cyclic N) is 1. The number of amides is 1. The van der Waals surface area contributed by atoms with Gasteiger partial charge in [-0.1, -0.05) is 18.2 Å². The lowest BCUT2D eigenvalue weighted by molar-refractivity contribution is -0.128. The number of para-hydroxylation sites is 1. The molecular weight excluding hydrogens is 332 g/mol. The first-order valence-electron chi connectivity index (χ1n) is 8.91. The number of rotatable bonds is 5. The third-order valence-electron chi connectivity index (χ3n) is 4.95. The molecule has 1 aromatic carbocycles. The Labute approximate surface area is 153 Å². The van der Waals surface area contributed by atoms with E-state index in [1.54, 1.807) is 11.7 Å². The van der Waals surface area contributed by atoms with E-state index in [-0.39, 0.29) is 12.3 Å². The van der Waals surface area contributed by atoms with Gasteiger partial charge in [0.1, 0.15) is 0 Å². The maximum Gasteiger partial charge on any atom is 0.222 e. The molecule has 1 atom stereocenters. The minimum absolute atomic E-state index is 0.113. The summed E-state index contributed by atoms with van der Waals surface area (Å²) in [6.45, 7) is 5.88. The summed E-state index contributed by atoms with van der Waals surface area (Å²) in [4.78, 5) is 13.8. The van der Waals surface area contributed by atoms with Crippen LogP contribution in [0.25, 0.3) is 5.69 Å². The second-order valence-electron chi connectivity index (χ2n) is 7.14. The van der Waals surface area contributed by atoms with Crippen molar-refractivity contribution in [3.8, 4) is 5.69 Å². The zero-order valence-corrected chi connectivity index (χ0v) is 15.6. The number of piperidine rings is 1. The molecule has 3 rings (SSSR count). The molecule has 8 heteroatoms. The van der Waals surface area contributed by atoms with Gasteiger partial charge in [0, 0.05) is 13.6 Å². The largest absolute Gasteiger partial charge is 0.388 e. The van der Waals surface area contributed by atoms with Gasteiger partial charge in [-0.25, -0.2) is 0 Å². The highest BCUT2D eigenvalue weighted by atomic mass is 16.3. The zero-order valence-electron chi connectivity index (χ0n) is 15.6. The average molecular weight is 358 g/mol. The number of nitrogens with zero attached hydrogens (tertiary/aromatic N) is 5. The number of aliphatic hydroxyl groups is 1. The van der Waals surface area contributed by atoms with E-state index in [4.69, 9.17) is 0 Å². The van der Waals surface area contributed by atoms with E-state index in [9.17, 15) is 9.90 Å². The number of hydrogen-bond acceptors (Lipinski definition) is 6. The fourth-order valence-electron chi connectivity index (χ4n) is 3.69. The summed E-state index contributed by atoms with van der Waals surface area (Å²) in [5, 5.41) is 25.6. The Hall–Kier alpha value is -2.32. The Morgan fingerprint density at radius 3 is 2.77 bits per heavy atom. The van der Waals surface area contributed by atoms with Crippen LogP contribution in [0.15, 0.2) is 18.2 Å². The van der Waals surface area contributed by atoms with Crippen molar-refractivity contribution in [3.63, 3.8) is 0 Å². The van der Waals surface area contributed by atoms with Crippen LogP contribution in [0.5, 0.6) is 0 Å². The SMILES string of the molecule is CNC(=O)CC1(O)CCCN(Cc2nnnn2-c2c(C)cccc2C)C1. The van der Waals surface area contributed by atoms with E-state index in [1.807, 2.05) is 32.0 Å². The Kier molecular flexibility index (Phi) is 5.33. The number of likely N-dealkylation sites (tertiary alicyclic amines) is 1. The van der Waals surface area contributed by atoms with Crippen LogP contribution in [0.3, 0.4) is 0 Å². The lowest BCUT2D eigenvalue weighted by Crippen LogP contribution is -2.50. The Bertz CT molecular complexity index is 769. The average Bonchev–Trinajstić information content (AvgIpc) is 3.02. The van der Waals surface area contributed by atoms with Crippen molar-refractivity contribution < 1.29 is 9.90 Å². The summed E-state index contributed by atoms with van der Waals surface area (Å²) in [5.74, 6) is 0.585. The summed E-state index contributed by atoms with van der Waals surface area (Å²) in [6.07, 6.45) is 1.57. The molecule has 1 amide bonds. The number of tetrazole rings is 1. The normalized spacial score (nSPS) is 20.9. The van der Waals surface area contributed by atoms with Crippen molar-refractivity contribution in [2.45, 2.75) is 45.3 Å². The van der Waals surface area contributed by atoms with Crippen LogP contribution in [-0.4, -0.2) is 61.9 Å². The van der Waals surface area contributed by atoms with E-state index >= 15 is 0 Å². The van der Waals surface area contributed by atoms with Crippen LogP contribution < -0.4 is 5.32 Å². The van der Waals surface area contributed by atoms with Gasteiger partial charge < -0.3 is 10.4 Å². The molecule has 8 nitrogen and oxygen atoms in total. The third kappa shape index (κ3) is 3.91. The van der Waals surface area contributed by atoms with E-state index in [0.29, 0.717) is 19.5 Å². The lowest BCUT2D eigenvalue weighted by Gasteiger charge is -2.38. The molecule has 1 aliphatic heterocycles. The standard InChI is InChI=1S/C18H26N6O2/c1-13-6-4-7-14(2)17(13)24-15(20-21-22-24)11-23-9-5-8-18(26,12-23)10-16(25)19-3/h4,6-7,26H,5,8-12H2,1-3H3,(H,19,25). The highest BCUT2D eigenvalue weighted by Crippen LogP contribution is 2.26. The molecule has 1 aromatic heterocycles. The lowest BCUT2D eigenvalue weighted by atomic mass is 9.89. The van der Waals surface area contributed by atoms with Gasteiger partial charge in [0.05, 0.1) is 24.3 Å². The van der Waals surface area contributed by atoms with Gasteiger partial charge >= 0.3 is 0 Å². The summed E-state index contributed by atoms with van der Waals surface area (Å²) in [7, 11) is 1.59. The molecular formula is C18H26N6O2. The quantitative estimate of drug-likeness (QED) is 0.818. The van der Waals surface area contributed by atoms with E-state index < -0.39 is 5.60 Å². The molecule has 0 aliphatic carbocycles. The number of aryl methyl sites for hydroxylation is 2. The molecule has 0 saturated carbocycles. The maximum absolute atomic E-state index is 11.7. The first-order chi connectivity index (χ1) is 12.4. The van der Waals surface area contributed by atoms with E-state index in [2.05, 4.69) is 25.7 Å². The molecule has 140 valence electrons. The minimum Gasteiger partial charge on any atom is -0.388 e. The van der Waals surface area contributed by atoms with E-state index in [1.165, 1.54) is 0 Å². The van der Waals surface area contributed by atoms with Gasteiger partial charge in [-0.15, -0.1) is 5.10 Å². The minimum atomic E-state index is -1.00. The van der Waals surface area contributed by atoms with Crippen molar-refractivity contribution in [2.75, 3.05) is 20.1 Å². The third-order valence-corrected chi connectivity index (χ3v) is 4.95. The molecule has 0 radical (unpaired) electrons. The zero-order chi connectivity index (χ0) is 18.7. The summed E-state index contributed by atoms with van der Waals surface area (Å²) < 4.78 is 1.77. The van der Waals surface area contributed by atoms with Gasteiger partial charge in [0.2, 0.25) is 5.91 Å². The van der Waals surface area contributed by atoms with Crippen LogP contribution in [-0.2, 0) is 11.3 Å². The number of benzene rings is 1.